The lowest BCUT2D eigenvalue weighted by Gasteiger charge is -2.29. The maximum absolute atomic E-state index is 12.9. The fraction of sp³-hybridized carbons (Fsp3) is 0.600. The lowest BCUT2D eigenvalue weighted by molar-refractivity contribution is 0.322. The highest BCUT2D eigenvalue weighted by Gasteiger charge is 2.31. The third-order valence-electron chi connectivity index (χ3n) is 3.82. The molecule has 1 aliphatic rings. The summed E-state index contributed by atoms with van der Waals surface area (Å²) in [6, 6.07) is 7.43. The normalized spacial score (nSPS) is 19.9. The molecular formula is C15H24N2O2S. The standard InChI is InChI=1S/C15H24N2O2S/c1-12(2)17(11-14-8-6-10-16-14)20(18,19)15-9-5-4-7-13(15)3/h4-5,7,9,12,14,16H,6,8,10-11H2,1-3H3. The van der Waals surface area contributed by atoms with Gasteiger partial charge in [0.1, 0.15) is 0 Å². The molecule has 1 aliphatic heterocycles. The van der Waals surface area contributed by atoms with Gasteiger partial charge in [-0.25, -0.2) is 8.42 Å². The SMILES string of the molecule is Cc1ccccc1S(=O)(=O)N(CC1CCCN1)C(C)C. The highest BCUT2D eigenvalue weighted by atomic mass is 32.2. The first-order chi connectivity index (χ1) is 9.43. The molecule has 0 saturated carbocycles. The van der Waals surface area contributed by atoms with E-state index >= 15 is 0 Å². The van der Waals surface area contributed by atoms with Gasteiger partial charge >= 0.3 is 0 Å². The van der Waals surface area contributed by atoms with Gasteiger partial charge in [-0.05, 0) is 51.8 Å². The predicted molar refractivity (Wildman–Crippen MR) is 81.2 cm³/mol. The van der Waals surface area contributed by atoms with Crippen LogP contribution >= 0.6 is 0 Å². The smallest absolute Gasteiger partial charge is 0.243 e. The van der Waals surface area contributed by atoms with Gasteiger partial charge in [0.25, 0.3) is 0 Å². The van der Waals surface area contributed by atoms with Gasteiger partial charge in [0.15, 0.2) is 0 Å². The number of benzene rings is 1. The Balaban J connectivity index is 2.30. The molecule has 20 heavy (non-hydrogen) atoms. The van der Waals surface area contributed by atoms with Crippen LogP contribution in [0.5, 0.6) is 0 Å². The van der Waals surface area contributed by atoms with E-state index in [0.29, 0.717) is 11.4 Å². The van der Waals surface area contributed by atoms with Crippen molar-refractivity contribution < 1.29 is 8.42 Å². The van der Waals surface area contributed by atoms with Crippen LogP contribution in [-0.2, 0) is 10.0 Å². The first kappa shape index (κ1) is 15.5. The molecule has 1 fully saturated rings. The maximum Gasteiger partial charge on any atom is 0.243 e. The summed E-state index contributed by atoms with van der Waals surface area (Å²) in [4.78, 5) is 0.423. The average molecular weight is 296 g/mol. The Bertz CT molecular complexity index is 549. The molecule has 2 rings (SSSR count). The quantitative estimate of drug-likeness (QED) is 0.905. The van der Waals surface area contributed by atoms with E-state index in [1.165, 1.54) is 0 Å². The van der Waals surface area contributed by atoms with E-state index in [1.54, 1.807) is 16.4 Å². The van der Waals surface area contributed by atoms with E-state index in [9.17, 15) is 8.42 Å². The molecule has 1 atom stereocenters. The van der Waals surface area contributed by atoms with Gasteiger partial charge in [-0.2, -0.15) is 4.31 Å². The van der Waals surface area contributed by atoms with Crippen LogP contribution in [0.1, 0.15) is 32.3 Å². The molecule has 1 heterocycles. The van der Waals surface area contributed by atoms with Gasteiger partial charge < -0.3 is 5.32 Å². The summed E-state index contributed by atoms with van der Waals surface area (Å²) >= 11 is 0. The zero-order valence-corrected chi connectivity index (χ0v) is 13.3. The monoisotopic (exact) mass is 296 g/mol. The van der Waals surface area contributed by atoms with Crippen LogP contribution in [0.25, 0.3) is 0 Å². The van der Waals surface area contributed by atoms with Crippen molar-refractivity contribution in [2.75, 3.05) is 13.1 Å². The Kier molecular flexibility index (Phi) is 4.83. The van der Waals surface area contributed by atoms with Gasteiger partial charge in [-0.3, -0.25) is 0 Å². The minimum atomic E-state index is -3.43. The lowest BCUT2D eigenvalue weighted by atomic mass is 10.2. The summed E-state index contributed by atoms with van der Waals surface area (Å²) < 4.78 is 27.4. The van der Waals surface area contributed by atoms with Gasteiger partial charge in [0.05, 0.1) is 4.90 Å². The van der Waals surface area contributed by atoms with E-state index in [4.69, 9.17) is 0 Å². The Morgan fingerprint density at radius 2 is 2.05 bits per heavy atom. The second kappa shape index (κ2) is 6.24. The van der Waals surface area contributed by atoms with Gasteiger partial charge in [-0.15, -0.1) is 0 Å². The topological polar surface area (TPSA) is 49.4 Å². The zero-order valence-electron chi connectivity index (χ0n) is 12.5. The van der Waals surface area contributed by atoms with Crippen LogP contribution in [0.15, 0.2) is 29.2 Å². The molecule has 1 aromatic rings. The minimum absolute atomic E-state index is 0.0398. The number of nitrogens with zero attached hydrogens (tertiary/aromatic N) is 1. The van der Waals surface area contributed by atoms with Crippen molar-refractivity contribution in [3.05, 3.63) is 29.8 Å². The van der Waals surface area contributed by atoms with Crippen LogP contribution in [0.3, 0.4) is 0 Å². The molecule has 1 aromatic carbocycles. The molecule has 0 spiro atoms. The maximum atomic E-state index is 12.9. The Hall–Kier alpha value is -0.910. The molecule has 0 aliphatic carbocycles. The van der Waals surface area contributed by atoms with Gasteiger partial charge in [-0.1, -0.05) is 18.2 Å². The van der Waals surface area contributed by atoms with E-state index in [1.807, 2.05) is 32.9 Å². The number of nitrogens with one attached hydrogen (secondary N) is 1. The largest absolute Gasteiger partial charge is 0.313 e. The lowest BCUT2D eigenvalue weighted by Crippen LogP contribution is -2.44. The van der Waals surface area contributed by atoms with E-state index < -0.39 is 10.0 Å². The van der Waals surface area contributed by atoms with Crippen LogP contribution in [-0.4, -0.2) is 37.9 Å². The Morgan fingerprint density at radius 3 is 2.60 bits per heavy atom. The third-order valence-corrected chi connectivity index (χ3v) is 6.02. The number of rotatable bonds is 5. The summed E-state index contributed by atoms with van der Waals surface area (Å²) in [6.45, 7) is 7.25. The second-order valence-electron chi connectivity index (χ2n) is 5.73. The van der Waals surface area contributed by atoms with E-state index in [-0.39, 0.29) is 12.1 Å². The molecule has 0 amide bonds. The van der Waals surface area contributed by atoms with Crippen molar-refractivity contribution in [3.8, 4) is 0 Å². The third kappa shape index (κ3) is 3.22. The Morgan fingerprint density at radius 1 is 1.35 bits per heavy atom. The van der Waals surface area contributed by atoms with Crippen LogP contribution in [0, 0.1) is 6.92 Å². The molecule has 0 aromatic heterocycles. The molecule has 5 heteroatoms. The zero-order chi connectivity index (χ0) is 14.8. The summed E-state index contributed by atoms with van der Waals surface area (Å²) in [5, 5.41) is 3.37. The summed E-state index contributed by atoms with van der Waals surface area (Å²) in [5.41, 5.74) is 0.803. The van der Waals surface area contributed by atoms with Gasteiger partial charge in [0, 0.05) is 18.6 Å². The molecule has 0 radical (unpaired) electrons. The van der Waals surface area contributed by atoms with Crippen molar-refractivity contribution >= 4 is 10.0 Å². The van der Waals surface area contributed by atoms with Gasteiger partial charge in [0.2, 0.25) is 10.0 Å². The van der Waals surface area contributed by atoms with Crippen molar-refractivity contribution in [1.29, 1.82) is 0 Å². The first-order valence-electron chi connectivity index (χ1n) is 7.24. The van der Waals surface area contributed by atoms with Crippen molar-refractivity contribution in [1.82, 2.24) is 9.62 Å². The Labute approximate surface area is 122 Å². The number of sulfonamides is 1. The molecule has 4 nitrogen and oxygen atoms in total. The van der Waals surface area contributed by atoms with Crippen molar-refractivity contribution in [3.63, 3.8) is 0 Å². The molecule has 1 saturated heterocycles. The van der Waals surface area contributed by atoms with Crippen molar-refractivity contribution in [2.24, 2.45) is 0 Å². The summed E-state index contributed by atoms with van der Waals surface area (Å²) in [5.74, 6) is 0. The van der Waals surface area contributed by atoms with E-state index in [0.717, 1.165) is 24.9 Å². The molecule has 1 unspecified atom stereocenters. The molecule has 112 valence electrons. The highest BCUT2D eigenvalue weighted by Crippen LogP contribution is 2.22. The molecular weight excluding hydrogens is 272 g/mol. The molecule has 0 bridgehead atoms. The van der Waals surface area contributed by atoms with Crippen LogP contribution < -0.4 is 5.32 Å². The van der Waals surface area contributed by atoms with Crippen molar-refractivity contribution in [2.45, 2.75) is 50.6 Å². The second-order valence-corrected chi connectivity index (χ2v) is 7.59. The number of hydrogen-bond donors (Lipinski definition) is 1. The number of hydrogen-bond acceptors (Lipinski definition) is 3. The summed E-state index contributed by atoms with van der Waals surface area (Å²) in [6.07, 6.45) is 2.17. The van der Waals surface area contributed by atoms with Crippen LogP contribution in [0.2, 0.25) is 0 Å². The average Bonchev–Trinajstić information content (AvgIpc) is 2.88. The van der Waals surface area contributed by atoms with E-state index in [2.05, 4.69) is 5.32 Å². The summed E-state index contributed by atoms with van der Waals surface area (Å²) in [7, 11) is -3.43. The predicted octanol–water partition coefficient (Wildman–Crippen LogP) is 2.15. The first-order valence-corrected chi connectivity index (χ1v) is 8.68. The fourth-order valence-electron chi connectivity index (χ4n) is 2.69. The fourth-order valence-corrected chi connectivity index (χ4v) is 4.60. The minimum Gasteiger partial charge on any atom is -0.313 e. The number of aryl methyl sites for hydroxylation is 1. The highest BCUT2D eigenvalue weighted by molar-refractivity contribution is 7.89. The van der Waals surface area contributed by atoms with Crippen LogP contribution in [0.4, 0.5) is 0 Å². The molecule has 1 N–H and O–H groups in total.